The van der Waals surface area contributed by atoms with Crippen molar-refractivity contribution >= 4 is 58.0 Å². The second kappa shape index (κ2) is 7.55. The summed E-state index contributed by atoms with van der Waals surface area (Å²) < 4.78 is 5.34. The van der Waals surface area contributed by atoms with Crippen molar-refractivity contribution in [3.05, 3.63) is 85.3 Å². The first-order valence-electron chi connectivity index (χ1n) is 8.35. The van der Waals surface area contributed by atoms with Crippen LogP contribution in [0.25, 0.3) is 11.1 Å². The van der Waals surface area contributed by atoms with Crippen LogP contribution in [0, 0.1) is 10.1 Å². The number of anilines is 2. The highest BCUT2D eigenvalue weighted by Crippen LogP contribution is 2.46. The number of halogens is 3. The van der Waals surface area contributed by atoms with Crippen molar-refractivity contribution in [2.75, 3.05) is 4.90 Å². The Labute approximate surface area is 180 Å². The molecule has 1 heterocycles. The van der Waals surface area contributed by atoms with Crippen molar-refractivity contribution in [2.24, 2.45) is 0 Å². The number of carbonyl (C=O) groups is 1. The second-order valence-electron chi connectivity index (χ2n) is 6.19. The van der Waals surface area contributed by atoms with Crippen LogP contribution in [0.4, 0.5) is 21.9 Å². The van der Waals surface area contributed by atoms with Crippen molar-refractivity contribution < 1.29 is 14.5 Å². The summed E-state index contributed by atoms with van der Waals surface area (Å²) in [6.07, 6.45) is -0.738. The van der Waals surface area contributed by atoms with Crippen LogP contribution in [0.2, 0.25) is 15.1 Å². The number of non-ortho nitro benzene ring substituents is 1. The van der Waals surface area contributed by atoms with Gasteiger partial charge >= 0.3 is 6.09 Å². The quantitative estimate of drug-likeness (QED) is 0.318. The van der Waals surface area contributed by atoms with Crippen molar-refractivity contribution in [3.63, 3.8) is 0 Å². The number of rotatable bonds is 3. The molecule has 1 aliphatic heterocycles. The maximum atomic E-state index is 12.6. The van der Waals surface area contributed by atoms with E-state index >= 15 is 0 Å². The van der Waals surface area contributed by atoms with E-state index in [1.165, 1.54) is 12.1 Å². The molecule has 0 atom stereocenters. The standard InChI is InChI=1S/C20H11Cl3N2O4/c21-15-5-2-1-4-12(15)13-8-11(25(27)28)9-18-14(13)10-29-20(26)24(18)19-16(22)6-3-7-17(19)23/h1-9H,10H2. The molecule has 4 rings (SSSR count). The summed E-state index contributed by atoms with van der Waals surface area (Å²) in [6, 6.07) is 14.4. The monoisotopic (exact) mass is 448 g/mol. The number of nitro benzene ring substituents is 1. The number of amides is 1. The van der Waals surface area contributed by atoms with E-state index in [0.29, 0.717) is 21.7 Å². The normalized spacial score (nSPS) is 13.1. The van der Waals surface area contributed by atoms with Gasteiger partial charge in [0, 0.05) is 28.3 Å². The highest BCUT2D eigenvalue weighted by atomic mass is 35.5. The van der Waals surface area contributed by atoms with Gasteiger partial charge in [-0.1, -0.05) is 59.1 Å². The number of hydrogen-bond acceptors (Lipinski definition) is 4. The van der Waals surface area contributed by atoms with Crippen LogP contribution in [-0.4, -0.2) is 11.0 Å². The number of carbonyl (C=O) groups excluding carboxylic acids is 1. The Kier molecular flexibility index (Phi) is 5.08. The Bertz CT molecular complexity index is 1150. The van der Waals surface area contributed by atoms with Crippen LogP contribution in [0.1, 0.15) is 5.56 Å². The number of hydrogen-bond donors (Lipinski definition) is 0. The number of ether oxygens (including phenoxy) is 1. The van der Waals surface area contributed by atoms with Crippen LogP contribution in [0.5, 0.6) is 0 Å². The molecule has 0 fully saturated rings. The van der Waals surface area contributed by atoms with E-state index < -0.39 is 11.0 Å². The van der Waals surface area contributed by atoms with Gasteiger partial charge in [-0.05, 0) is 23.8 Å². The number of para-hydroxylation sites is 1. The zero-order chi connectivity index (χ0) is 20.7. The molecule has 29 heavy (non-hydrogen) atoms. The first kappa shape index (κ1) is 19.5. The molecule has 0 N–H and O–H groups in total. The van der Waals surface area contributed by atoms with Crippen LogP contribution >= 0.6 is 34.8 Å². The van der Waals surface area contributed by atoms with E-state index in [1.807, 2.05) is 0 Å². The molecule has 1 aliphatic rings. The molecule has 0 aliphatic carbocycles. The lowest BCUT2D eigenvalue weighted by atomic mass is 9.96. The summed E-state index contributed by atoms with van der Waals surface area (Å²) in [5, 5.41) is 12.4. The van der Waals surface area contributed by atoms with E-state index in [1.54, 1.807) is 42.5 Å². The maximum absolute atomic E-state index is 12.6. The van der Waals surface area contributed by atoms with Crippen LogP contribution < -0.4 is 4.90 Å². The highest BCUT2D eigenvalue weighted by Gasteiger charge is 2.34. The molecule has 6 nitrogen and oxygen atoms in total. The molecule has 0 spiro atoms. The van der Waals surface area contributed by atoms with Gasteiger partial charge in [0.15, 0.2) is 0 Å². The molecule has 0 aromatic heterocycles. The lowest BCUT2D eigenvalue weighted by Crippen LogP contribution is -2.32. The van der Waals surface area contributed by atoms with Gasteiger partial charge < -0.3 is 4.74 Å². The minimum atomic E-state index is -0.738. The fraction of sp³-hybridized carbons (Fsp3) is 0.0500. The summed E-state index contributed by atoms with van der Waals surface area (Å²) in [5.41, 5.74) is 1.87. The predicted octanol–water partition coefficient (Wildman–Crippen LogP) is 7.01. The van der Waals surface area contributed by atoms with Gasteiger partial charge in [-0.3, -0.25) is 10.1 Å². The summed E-state index contributed by atoms with van der Waals surface area (Å²) >= 11 is 18.9. The van der Waals surface area contributed by atoms with E-state index in [2.05, 4.69) is 0 Å². The van der Waals surface area contributed by atoms with Gasteiger partial charge in [0.2, 0.25) is 0 Å². The third kappa shape index (κ3) is 3.40. The van der Waals surface area contributed by atoms with Gasteiger partial charge in [0.05, 0.1) is 26.3 Å². The fourth-order valence-electron chi connectivity index (χ4n) is 3.23. The first-order chi connectivity index (χ1) is 13.9. The topological polar surface area (TPSA) is 72.7 Å². The van der Waals surface area contributed by atoms with Crippen LogP contribution in [0.3, 0.4) is 0 Å². The predicted molar refractivity (Wildman–Crippen MR) is 112 cm³/mol. The molecule has 0 bridgehead atoms. The first-order valence-corrected chi connectivity index (χ1v) is 9.49. The fourth-order valence-corrected chi connectivity index (χ4v) is 4.03. The molecule has 0 unspecified atom stereocenters. The molecule has 0 saturated heterocycles. The lowest BCUT2D eigenvalue weighted by Gasteiger charge is -2.31. The summed E-state index contributed by atoms with van der Waals surface area (Å²) in [4.78, 5) is 24.9. The maximum Gasteiger partial charge on any atom is 0.419 e. The van der Waals surface area contributed by atoms with Crippen molar-refractivity contribution in [3.8, 4) is 11.1 Å². The number of benzene rings is 3. The summed E-state index contributed by atoms with van der Waals surface area (Å²) in [7, 11) is 0. The lowest BCUT2D eigenvalue weighted by molar-refractivity contribution is -0.384. The summed E-state index contributed by atoms with van der Waals surface area (Å²) in [5.74, 6) is 0. The van der Waals surface area contributed by atoms with Crippen molar-refractivity contribution in [1.82, 2.24) is 0 Å². The highest BCUT2D eigenvalue weighted by molar-refractivity contribution is 6.40. The van der Waals surface area contributed by atoms with Crippen LogP contribution in [0.15, 0.2) is 54.6 Å². The number of nitrogens with zero attached hydrogens (tertiary/aromatic N) is 2. The SMILES string of the molecule is O=C1OCc2c(-c3ccccc3Cl)cc([N+](=O)[O-])cc2N1c1c(Cl)cccc1Cl. The second-order valence-corrected chi connectivity index (χ2v) is 7.41. The Balaban J connectivity index is 2.04. The van der Waals surface area contributed by atoms with E-state index in [0.717, 1.165) is 4.90 Å². The smallest absolute Gasteiger partial charge is 0.419 e. The minimum absolute atomic E-state index is 0.0781. The van der Waals surface area contributed by atoms with E-state index in [4.69, 9.17) is 39.5 Å². The molecular formula is C20H11Cl3N2O4. The molecule has 3 aromatic rings. The molecule has 0 radical (unpaired) electrons. The van der Waals surface area contributed by atoms with Gasteiger partial charge in [-0.25, -0.2) is 9.69 Å². The Morgan fingerprint density at radius 1 is 0.931 bits per heavy atom. The zero-order valence-electron chi connectivity index (χ0n) is 14.6. The van der Waals surface area contributed by atoms with Crippen molar-refractivity contribution in [1.29, 1.82) is 0 Å². The van der Waals surface area contributed by atoms with Crippen LogP contribution in [-0.2, 0) is 11.3 Å². The van der Waals surface area contributed by atoms with Gasteiger partial charge in [-0.2, -0.15) is 0 Å². The summed E-state index contributed by atoms with van der Waals surface area (Å²) in [6.45, 7) is -0.0781. The van der Waals surface area contributed by atoms with Crippen molar-refractivity contribution in [2.45, 2.75) is 6.61 Å². The average molecular weight is 450 g/mol. The average Bonchev–Trinajstić information content (AvgIpc) is 2.69. The Hall–Kier alpha value is -2.80. The third-order valence-corrected chi connectivity index (χ3v) is 5.45. The molecule has 1 amide bonds. The van der Waals surface area contributed by atoms with Gasteiger partial charge in [0.25, 0.3) is 5.69 Å². The Morgan fingerprint density at radius 3 is 2.24 bits per heavy atom. The van der Waals surface area contributed by atoms with Gasteiger partial charge in [0.1, 0.15) is 6.61 Å². The molecule has 9 heteroatoms. The number of fused-ring (bicyclic) bond motifs is 1. The third-order valence-electron chi connectivity index (χ3n) is 4.51. The molecule has 146 valence electrons. The molecular weight excluding hydrogens is 439 g/mol. The van der Waals surface area contributed by atoms with E-state index in [9.17, 15) is 14.9 Å². The molecule has 3 aromatic carbocycles. The van der Waals surface area contributed by atoms with Gasteiger partial charge in [-0.15, -0.1) is 0 Å². The van der Waals surface area contributed by atoms with E-state index in [-0.39, 0.29) is 33.7 Å². The molecule has 0 saturated carbocycles. The Morgan fingerprint density at radius 2 is 1.59 bits per heavy atom. The number of nitro groups is 1. The minimum Gasteiger partial charge on any atom is -0.444 e. The largest absolute Gasteiger partial charge is 0.444 e. The number of cyclic esters (lactones) is 1. The zero-order valence-corrected chi connectivity index (χ0v) is 16.8.